The molecular weight excluding hydrogens is 394 g/mol. The zero-order chi connectivity index (χ0) is 22.6. The summed E-state index contributed by atoms with van der Waals surface area (Å²) in [4.78, 5) is 28.8. The van der Waals surface area contributed by atoms with Gasteiger partial charge in [0.2, 0.25) is 0 Å². The summed E-state index contributed by atoms with van der Waals surface area (Å²) in [5.41, 5.74) is 4.60. The Labute approximate surface area is 180 Å². The molecule has 3 aromatic rings. The van der Waals surface area contributed by atoms with E-state index in [0.29, 0.717) is 12.1 Å². The molecule has 0 bridgehead atoms. The minimum atomic E-state index is -0.627. The van der Waals surface area contributed by atoms with E-state index in [0.717, 1.165) is 22.6 Å². The molecule has 0 atom stereocenters. The minimum absolute atomic E-state index is 0.0394. The largest absolute Gasteiger partial charge is 0.464 e. The monoisotopic (exact) mass is 419 g/mol. The van der Waals surface area contributed by atoms with Gasteiger partial charge in [-0.15, -0.1) is 0 Å². The number of hydrogen-bond donors (Lipinski definition) is 3. The van der Waals surface area contributed by atoms with Gasteiger partial charge in [-0.2, -0.15) is 5.10 Å². The number of anilines is 1. The van der Waals surface area contributed by atoms with E-state index in [1.165, 1.54) is 19.5 Å². The molecule has 0 spiro atoms. The minimum Gasteiger partial charge on any atom is -0.464 e. The number of nitrogens with zero attached hydrogens (tertiary/aromatic N) is 2. The molecule has 0 unspecified atom stereocenters. The van der Waals surface area contributed by atoms with Crippen LogP contribution in [0.25, 0.3) is 10.8 Å². The summed E-state index contributed by atoms with van der Waals surface area (Å²) in [6, 6.07) is 14.3. The highest BCUT2D eigenvalue weighted by Crippen LogP contribution is 2.24. The number of methoxy groups -OCH3 is 1. The van der Waals surface area contributed by atoms with Crippen molar-refractivity contribution in [2.24, 2.45) is 5.10 Å². The molecule has 1 aromatic heterocycles. The van der Waals surface area contributed by atoms with Crippen LogP contribution in [-0.2, 0) is 11.3 Å². The van der Waals surface area contributed by atoms with Crippen LogP contribution >= 0.6 is 0 Å². The summed E-state index contributed by atoms with van der Waals surface area (Å²) >= 11 is 0. The molecule has 0 aliphatic carbocycles. The van der Waals surface area contributed by atoms with Gasteiger partial charge in [-0.25, -0.2) is 9.78 Å². The van der Waals surface area contributed by atoms with Gasteiger partial charge in [0.15, 0.2) is 5.69 Å². The first-order valence-corrected chi connectivity index (χ1v) is 9.76. The summed E-state index contributed by atoms with van der Waals surface area (Å²) < 4.78 is 4.72. The average Bonchev–Trinajstić information content (AvgIpc) is 2.82. The van der Waals surface area contributed by atoms with E-state index in [-0.39, 0.29) is 17.3 Å². The maximum Gasteiger partial charge on any atom is 0.358 e. The van der Waals surface area contributed by atoms with Gasteiger partial charge in [0.25, 0.3) is 5.91 Å². The van der Waals surface area contributed by atoms with Crippen molar-refractivity contribution >= 4 is 40.8 Å². The van der Waals surface area contributed by atoms with E-state index in [9.17, 15) is 9.59 Å². The van der Waals surface area contributed by atoms with Gasteiger partial charge in [-0.1, -0.05) is 44.2 Å². The Kier molecular flexibility index (Phi) is 8.85. The van der Waals surface area contributed by atoms with Crippen molar-refractivity contribution in [3.05, 3.63) is 71.5 Å². The van der Waals surface area contributed by atoms with Crippen molar-refractivity contribution in [2.45, 2.75) is 20.4 Å². The smallest absolute Gasteiger partial charge is 0.358 e. The van der Waals surface area contributed by atoms with Crippen LogP contribution in [0, 0.1) is 5.41 Å². The Morgan fingerprint density at radius 1 is 1.10 bits per heavy atom. The fourth-order valence-corrected chi connectivity index (χ4v) is 2.89. The topological polar surface area (TPSA) is 117 Å². The third kappa shape index (κ3) is 5.72. The highest BCUT2D eigenvalue weighted by molar-refractivity contribution is 6.15. The van der Waals surface area contributed by atoms with Gasteiger partial charge in [0, 0.05) is 18.0 Å². The van der Waals surface area contributed by atoms with Crippen LogP contribution in [0.1, 0.15) is 40.3 Å². The molecule has 8 heteroatoms. The maximum atomic E-state index is 12.9. The Bertz CT molecular complexity index is 1100. The Balaban J connectivity index is 0.00000166. The molecule has 0 aliphatic rings. The van der Waals surface area contributed by atoms with E-state index >= 15 is 0 Å². The van der Waals surface area contributed by atoms with E-state index < -0.39 is 5.97 Å². The Morgan fingerprint density at radius 3 is 2.55 bits per heavy atom. The maximum absolute atomic E-state index is 12.9. The zero-order valence-electron chi connectivity index (χ0n) is 17.7. The number of carbonyl (C=O) groups is 2. The molecule has 160 valence electrons. The average molecular weight is 419 g/mol. The van der Waals surface area contributed by atoms with E-state index in [2.05, 4.69) is 20.8 Å². The number of hydrazone groups is 1. The van der Waals surface area contributed by atoms with Gasteiger partial charge in [-0.05, 0) is 34.5 Å². The Morgan fingerprint density at radius 2 is 1.84 bits per heavy atom. The van der Waals surface area contributed by atoms with Crippen molar-refractivity contribution in [2.75, 3.05) is 12.4 Å². The summed E-state index contributed by atoms with van der Waals surface area (Å²) in [5, 5.41) is 15.3. The lowest BCUT2D eigenvalue weighted by molar-refractivity contribution is 0.0595. The molecule has 8 nitrogen and oxygen atoms in total. The number of ether oxygens (including phenoxy) is 1. The number of amides is 1. The SMILES string of the molecule is CC.COC(=O)c1ncccc1NC(=O)c1ccc(CN/N=C\C=N)c2ccccc12. The molecule has 1 amide bonds. The number of nitrogens with one attached hydrogen (secondary N) is 3. The normalized spacial score (nSPS) is 10.2. The van der Waals surface area contributed by atoms with Crippen LogP contribution in [-0.4, -0.2) is 36.4 Å². The molecule has 0 saturated heterocycles. The lowest BCUT2D eigenvalue weighted by atomic mass is 9.99. The van der Waals surface area contributed by atoms with Crippen molar-refractivity contribution in [3.8, 4) is 0 Å². The first kappa shape index (κ1) is 23.2. The first-order chi connectivity index (χ1) is 15.2. The number of carbonyl (C=O) groups excluding carboxylic acids is 2. The highest BCUT2D eigenvalue weighted by atomic mass is 16.5. The molecule has 3 N–H and O–H groups in total. The van der Waals surface area contributed by atoms with Crippen molar-refractivity contribution in [1.82, 2.24) is 10.4 Å². The van der Waals surface area contributed by atoms with E-state index in [4.69, 9.17) is 10.1 Å². The summed E-state index contributed by atoms with van der Waals surface area (Å²) in [7, 11) is 1.26. The molecule has 31 heavy (non-hydrogen) atoms. The third-order valence-corrected chi connectivity index (χ3v) is 4.20. The summed E-state index contributed by atoms with van der Waals surface area (Å²) in [5.74, 6) is -0.988. The van der Waals surface area contributed by atoms with Crippen LogP contribution in [0.5, 0.6) is 0 Å². The molecule has 3 rings (SSSR count). The fraction of sp³-hybridized carbons (Fsp3) is 0.174. The number of esters is 1. The first-order valence-electron chi connectivity index (χ1n) is 9.76. The number of fused-ring (bicyclic) bond motifs is 1. The number of hydrogen-bond acceptors (Lipinski definition) is 7. The van der Waals surface area contributed by atoms with Crippen molar-refractivity contribution in [1.29, 1.82) is 5.41 Å². The number of benzene rings is 2. The number of aromatic nitrogens is 1. The zero-order valence-corrected chi connectivity index (χ0v) is 17.7. The molecule has 0 fully saturated rings. The predicted molar refractivity (Wildman–Crippen MR) is 123 cm³/mol. The summed E-state index contributed by atoms with van der Waals surface area (Å²) in [6.07, 6.45) is 3.89. The van der Waals surface area contributed by atoms with E-state index in [1.54, 1.807) is 18.2 Å². The standard InChI is InChI=1S/C21H19N5O3.C2H6/c1-29-21(28)19-18(7-4-11-23-19)26-20(27)17-9-8-14(13-25-24-12-10-22)15-5-2-3-6-16(15)17;1-2/h2-12,22,25H,13H2,1H3,(H,26,27);1-2H3/b22-10?,24-12-;. The molecular formula is C23H25N5O3. The second kappa shape index (κ2) is 11.8. The van der Waals surface area contributed by atoms with Crippen molar-refractivity contribution < 1.29 is 14.3 Å². The number of rotatable bonds is 7. The lowest BCUT2D eigenvalue weighted by Crippen LogP contribution is -2.17. The van der Waals surface area contributed by atoms with Crippen LogP contribution in [0.4, 0.5) is 5.69 Å². The second-order valence-corrected chi connectivity index (χ2v) is 5.94. The molecule has 0 saturated carbocycles. The van der Waals surface area contributed by atoms with Gasteiger partial charge in [-0.3, -0.25) is 4.79 Å². The third-order valence-electron chi connectivity index (χ3n) is 4.20. The predicted octanol–water partition coefficient (Wildman–Crippen LogP) is 4.02. The summed E-state index contributed by atoms with van der Waals surface area (Å²) in [6.45, 7) is 4.45. The van der Waals surface area contributed by atoms with Gasteiger partial charge >= 0.3 is 5.97 Å². The van der Waals surface area contributed by atoms with E-state index in [1.807, 2.05) is 44.2 Å². The number of pyridine rings is 1. The highest BCUT2D eigenvalue weighted by Gasteiger charge is 2.17. The van der Waals surface area contributed by atoms with Crippen LogP contribution in [0.15, 0.2) is 59.8 Å². The molecule has 1 heterocycles. The molecule has 0 radical (unpaired) electrons. The van der Waals surface area contributed by atoms with Crippen LogP contribution < -0.4 is 10.7 Å². The van der Waals surface area contributed by atoms with Crippen LogP contribution in [0.2, 0.25) is 0 Å². The van der Waals surface area contributed by atoms with Gasteiger partial charge in [0.1, 0.15) is 0 Å². The van der Waals surface area contributed by atoms with Gasteiger partial charge in [0.05, 0.1) is 25.6 Å². The lowest BCUT2D eigenvalue weighted by Gasteiger charge is -2.13. The molecule has 2 aromatic carbocycles. The van der Waals surface area contributed by atoms with Crippen molar-refractivity contribution in [3.63, 3.8) is 0 Å². The quantitative estimate of drug-likeness (QED) is 0.304. The van der Waals surface area contributed by atoms with Crippen LogP contribution in [0.3, 0.4) is 0 Å². The van der Waals surface area contributed by atoms with Gasteiger partial charge < -0.3 is 20.9 Å². The fourth-order valence-electron chi connectivity index (χ4n) is 2.89. The molecule has 0 aliphatic heterocycles. The Hall–Kier alpha value is -4.07. The second-order valence-electron chi connectivity index (χ2n) is 5.94.